The van der Waals surface area contributed by atoms with Crippen molar-refractivity contribution in [1.29, 1.82) is 0 Å². The zero-order valence-electron chi connectivity index (χ0n) is 18.0. The van der Waals surface area contributed by atoms with Crippen LogP contribution < -0.4 is 0 Å². The molecule has 2 fully saturated rings. The van der Waals surface area contributed by atoms with Gasteiger partial charge in [-0.05, 0) is 81.3 Å². The average molecular weight is 432 g/mol. The SMILES string of the molecule is Cc1ccccc1C(C1CCCCC1(O)CCc1ccccc1F)N1CCCC1.Cl. The van der Waals surface area contributed by atoms with Gasteiger partial charge < -0.3 is 5.11 Å². The van der Waals surface area contributed by atoms with Gasteiger partial charge >= 0.3 is 0 Å². The van der Waals surface area contributed by atoms with Crippen LogP contribution in [0.2, 0.25) is 0 Å². The van der Waals surface area contributed by atoms with Crippen LogP contribution in [-0.4, -0.2) is 28.7 Å². The Labute approximate surface area is 186 Å². The molecule has 0 spiro atoms. The fourth-order valence-corrected chi connectivity index (χ4v) is 5.67. The van der Waals surface area contributed by atoms with Crippen LogP contribution in [0.4, 0.5) is 4.39 Å². The van der Waals surface area contributed by atoms with Crippen molar-refractivity contribution in [3.8, 4) is 0 Å². The summed E-state index contributed by atoms with van der Waals surface area (Å²) in [7, 11) is 0. The van der Waals surface area contributed by atoms with Gasteiger partial charge in [-0.25, -0.2) is 4.39 Å². The van der Waals surface area contributed by atoms with E-state index in [0.29, 0.717) is 12.8 Å². The van der Waals surface area contributed by atoms with E-state index >= 15 is 0 Å². The van der Waals surface area contributed by atoms with Crippen LogP contribution in [0.5, 0.6) is 0 Å². The first kappa shape index (κ1) is 23.2. The first-order chi connectivity index (χ1) is 14.1. The Hall–Kier alpha value is -1.42. The largest absolute Gasteiger partial charge is 0.390 e. The van der Waals surface area contributed by atoms with E-state index < -0.39 is 5.60 Å². The summed E-state index contributed by atoms with van der Waals surface area (Å²) in [6, 6.07) is 15.9. The van der Waals surface area contributed by atoms with Gasteiger partial charge in [0.15, 0.2) is 0 Å². The third-order valence-corrected chi connectivity index (χ3v) is 7.27. The van der Waals surface area contributed by atoms with E-state index in [0.717, 1.165) is 37.9 Å². The molecule has 1 aliphatic carbocycles. The predicted molar refractivity (Wildman–Crippen MR) is 124 cm³/mol. The van der Waals surface area contributed by atoms with E-state index in [1.165, 1.54) is 36.5 Å². The number of aryl methyl sites for hydroxylation is 2. The molecule has 0 bridgehead atoms. The van der Waals surface area contributed by atoms with Crippen molar-refractivity contribution < 1.29 is 9.50 Å². The van der Waals surface area contributed by atoms with Gasteiger partial charge in [-0.1, -0.05) is 55.3 Å². The third kappa shape index (κ3) is 4.90. The Balaban J connectivity index is 0.00000256. The van der Waals surface area contributed by atoms with E-state index in [9.17, 15) is 9.50 Å². The molecule has 2 aliphatic rings. The Morgan fingerprint density at radius 1 is 1.03 bits per heavy atom. The van der Waals surface area contributed by atoms with Crippen LogP contribution in [-0.2, 0) is 6.42 Å². The smallest absolute Gasteiger partial charge is 0.126 e. The molecule has 1 saturated heterocycles. The lowest BCUT2D eigenvalue weighted by molar-refractivity contribution is -0.0863. The van der Waals surface area contributed by atoms with Crippen molar-refractivity contribution in [2.45, 2.75) is 69.9 Å². The lowest BCUT2D eigenvalue weighted by atomic mass is 9.67. The van der Waals surface area contributed by atoms with E-state index in [4.69, 9.17) is 0 Å². The zero-order chi connectivity index (χ0) is 20.3. The van der Waals surface area contributed by atoms with E-state index in [1.54, 1.807) is 6.07 Å². The first-order valence-electron chi connectivity index (χ1n) is 11.3. The van der Waals surface area contributed by atoms with Crippen LogP contribution in [0.3, 0.4) is 0 Å². The Morgan fingerprint density at radius 3 is 2.47 bits per heavy atom. The first-order valence-corrected chi connectivity index (χ1v) is 11.3. The molecule has 1 heterocycles. The van der Waals surface area contributed by atoms with Crippen LogP contribution in [0, 0.1) is 18.7 Å². The van der Waals surface area contributed by atoms with Crippen LogP contribution in [0.25, 0.3) is 0 Å². The standard InChI is InChI=1S/C26H34FNO.ClH/c1-20-10-2-4-12-22(20)25(28-18-8-9-19-28)23-13-6-7-16-26(23,29)17-15-21-11-3-5-14-24(21)27;/h2-5,10-12,14,23,25,29H,6-9,13,15-19H2,1H3;1H. The van der Waals surface area contributed by atoms with Gasteiger partial charge in [0, 0.05) is 12.0 Å². The fourth-order valence-electron chi connectivity index (χ4n) is 5.67. The fraction of sp³-hybridized carbons (Fsp3) is 0.538. The number of nitrogens with zero attached hydrogens (tertiary/aromatic N) is 1. The van der Waals surface area contributed by atoms with Crippen molar-refractivity contribution >= 4 is 12.4 Å². The minimum atomic E-state index is -0.740. The molecule has 1 saturated carbocycles. The summed E-state index contributed by atoms with van der Waals surface area (Å²) in [5, 5.41) is 11.9. The molecule has 1 N–H and O–H groups in total. The minimum Gasteiger partial charge on any atom is -0.390 e. The van der Waals surface area contributed by atoms with Gasteiger partial charge in [0.1, 0.15) is 5.82 Å². The number of halogens is 2. The molecule has 2 aromatic carbocycles. The molecule has 3 unspecified atom stereocenters. The topological polar surface area (TPSA) is 23.5 Å². The number of likely N-dealkylation sites (tertiary alicyclic amines) is 1. The van der Waals surface area contributed by atoms with Crippen LogP contribution >= 0.6 is 12.4 Å². The van der Waals surface area contributed by atoms with Gasteiger partial charge in [-0.15, -0.1) is 12.4 Å². The van der Waals surface area contributed by atoms with Crippen molar-refractivity contribution in [2.24, 2.45) is 5.92 Å². The maximum atomic E-state index is 14.2. The highest BCUT2D eigenvalue weighted by atomic mass is 35.5. The molecule has 1 aliphatic heterocycles. The molecule has 3 atom stereocenters. The highest BCUT2D eigenvalue weighted by molar-refractivity contribution is 5.85. The molecule has 4 heteroatoms. The zero-order valence-corrected chi connectivity index (χ0v) is 18.8. The second-order valence-electron chi connectivity index (χ2n) is 9.09. The molecule has 0 radical (unpaired) electrons. The maximum Gasteiger partial charge on any atom is 0.126 e. The molecule has 30 heavy (non-hydrogen) atoms. The molecule has 2 aromatic rings. The summed E-state index contributed by atoms with van der Waals surface area (Å²) >= 11 is 0. The summed E-state index contributed by atoms with van der Waals surface area (Å²) < 4.78 is 14.2. The van der Waals surface area contributed by atoms with E-state index in [1.807, 2.05) is 12.1 Å². The van der Waals surface area contributed by atoms with Crippen molar-refractivity contribution in [3.05, 3.63) is 71.0 Å². The molecule has 4 rings (SSSR count). The van der Waals surface area contributed by atoms with Crippen LogP contribution in [0.15, 0.2) is 48.5 Å². The average Bonchev–Trinajstić information content (AvgIpc) is 3.25. The number of aliphatic hydroxyl groups is 1. The quantitative estimate of drug-likeness (QED) is 0.584. The summed E-state index contributed by atoms with van der Waals surface area (Å²) in [6.07, 6.45) is 7.81. The number of rotatable bonds is 6. The van der Waals surface area contributed by atoms with Gasteiger partial charge in [-0.2, -0.15) is 0 Å². The Morgan fingerprint density at radius 2 is 1.73 bits per heavy atom. The molecule has 0 amide bonds. The molecular weight excluding hydrogens is 397 g/mol. The molecular formula is C26H35ClFNO. The molecule has 0 aromatic heterocycles. The van der Waals surface area contributed by atoms with Gasteiger partial charge in [0.05, 0.1) is 5.60 Å². The normalized spacial score (nSPS) is 25.6. The third-order valence-electron chi connectivity index (χ3n) is 7.27. The van der Waals surface area contributed by atoms with Gasteiger partial charge in [0.25, 0.3) is 0 Å². The molecule has 2 nitrogen and oxygen atoms in total. The molecule has 164 valence electrons. The summed E-state index contributed by atoms with van der Waals surface area (Å²) in [5.41, 5.74) is 2.66. The van der Waals surface area contributed by atoms with E-state index in [2.05, 4.69) is 36.1 Å². The summed E-state index contributed by atoms with van der Waals surface area (Å²) in [5.74, 6) is 0.0423. The van der Waals surface area contributed by atoms with Gasteiger partial charge in [-0.3, -0.25) is 4.90 Å². The van der Waals surface area contributed by atoms with Crippen molar-refractivity contribution in [1.82, 2.24) is 4.90 Å². The predicted octanol–water partition coefficient (Wildman–Crippen LogP) is 6.25. The van der Waals surface area contributed by atoms with Crippen LogP contribution in [0.1, 0.15) is 67.7 Å². The van der Waals surface area contributed by atoms with Crippen molar-refractivity contribution in [3.63, 3.8) is 0 Å². The monoisotopic (exact) mass is 431 g/mol. The second-order valence-corrected chi connectivity index (χ2v) is 9.09. The Bertz CT molecular complexity index is 822. The lowest BCUT2D eigenvalue weighted by Gasteiger charge is -2.47. The maximum absolute atomic E-state index is 14.2. The van der Waals surface area contributed by atoms with Gasteiger partial charge in [0.2, 0.25) is 0 Å². The number of hydrogen-bond acceptors (Lipinski definition) is 2. The number of benzene rings is 2. The second kappa shape index (κ2) is 10.3. The summed E-state index contributed by atoms with van der Waals surface area (Å²) in [6.45, 7) is 4.41. The lowest BCUT2D eigenvalue weighted by Crippen LogP contribution is -2.48. The minimum absolute atomic E-state index is 0. The number of hydrogen-bond donors (Lipinski definition) is 1. The Kier molecular flexibility index (Phi) is 7.95. The van der Waals surface area contributed by atoms with E-state index in [-0.39, 0.29) is 30.2 Å². The highest BCUT2D eigenvalue weighted by Gasteiger charge is 2.45. The summed E-state index contributed by atoms with van der Waals surface area (Å²) in [4.78, 5) is 2.60. The highest BCUT2D eigenvalue weighted by Crippen LogP contribution is 2.47. The van der Waals surface area contributed by atoms with Crippen molar-refractivity contribution in [2.75, 3.05) is 13.1 Å².